The number of fused-ring (bicyclic) bond motifs is 6. The summed E-state index contributed by atoms with van der Waals surface area (Å²) in [5.41, 5.74) is 3.82. The van der Waals surface area contributed by atoms with E-state index in [2.05, 4.69) is 30.2 Å². The third kappa shape index (κ3) is 2.96. The Balaban J connectivity index is 0.746. The lowest BCUT2D eigenvalue weighted by molar-refractivity contribution is -0.230. The number of rotatable bonds is 5. The van der Waals surface area contributed by atoms with Crippen LogP contribution < -0.4 is 0 Å². The van der Waals surface area contributed by atoms with Crippen molar-refractivity contribution in [3.05, 3.63) is 12.2 Å². The minimum absolute atomic E-state index is 0.126. The second kappa shape index (κ2) is 9.07. The van der Waals surface area contributed by atoms with E-state index in [1.807, 2.05) is 0 Å². The van der Waals surface area contributed by atoms with Gasteiger partial charge in [-0.15, -0.1) is 0 Å². The molecular weight excluding hydrogens is 604 g/mol. The lowest BCUT2D eigenvalue weighted by atomic mass is 9.39. The fourth-order valence-corrected chi connectivity index (χ4v) is 21.2. The van der Waals surface area contributed by atoms with E-state index in [1.165, 1.54) is 115 Å². The van der Waals surface area contributed by atoms with Crippen molar-refractivity contribution in [1.29, 1.82) is 0 Å². The fraction of sp³-hybridized carbons (Fsp3) is 0.955. The summed E-state index contributed by atoms with van der Waals surface area (Å²) in [6.45, 7) is 16.3. The maximum absolute atomic E-state index is 11.9. The Labute approximate surface area is 295 Å². The average Bonchev–Trinajstić information content (AvgIpc) is 3.87. The van der Waals surface area contributed by atoms with Crippen LogP contribution in [0.1, 0.15) is 110 Å². The van der Waals surface area contributed by atoms with Crippen LogP contribution in [0.3, 0.4) is 0 Å². The van der Waals surface area contributed by atoms with Gasteiger partial charge in [-0.05, 0) is 164 Å². The molecule has 268 valence electrons. The molecule has 0 amide bonds. The van der Waals surface area contributed by atoms with Crippen molar-refractivity contribution in [2.24, 2.45) is 85.8 Å². The van der Waals surface area contributed by atoms with Gasteiger partial charge in [-0.3, -0.25) is 9.80 Å². The van der Waals surface area contributed by atoms with Gasteiger partial charge in [0.1, 0.15) is 6.23 Å². The zero-order valence-electron chi connectivity index (χ0n) is 30.7. The van der Waals surface area contributed by atoms with Crippen LogP contribution in [0.25, 0.3) is 0 Å². The maximum Gasteiger partial charge on any atom is 0.116 e. The van der Waals surface area contributed by atoms with Crippen molar-refractivity contribution >= 4 is 0 Å². The van der Waals surface area contributed by atoms with Crippen LogP contribution in [0, 0.1) is 85.8 Å². The third-order valence-electron chi connectivity index (χ3n) is 21.8. The molecule has 0 aromatic carbocycles. The van der Waals surface area contributed by atoms with Gasteiger partial charge in [0.05, 0.1) is 19.3 Å². The van der Waals surface area contributed by atoms with Crippen molar-refractivity contribution in [3.63, 3.8) is 0 Å². The quantitative estimate of drug-likeness (QED) is 0.250. The lowest BCUT2D eigenvalue weighted by Gasteiger charge is -2.67. The van der Waals surface area contributed by atoms with Gasteiger partial charge in [0.15, 0.2) is 0 Å². The molecular formula is C44H64N2O3. The Hall–Kier alpha value is -0.460. The Bertz CT molecular complexity index is 1520. The predicted octanol–water partition coefficient (Wildman–Crippen LogP) is 7.14. The van der Waals surface area contributed by atoms with E-state index < -0.39 is 0 Å². The second-order valence-electron chi connectivity index (χ2n) is 22.2. The van der Waals surface area contributed by atoms with E-state index in [0.29, 0.717) is 51.2 Å². The van der Waals surface area contributed by atoms with Crippen molar-refractivity contribution in [1.82, 2.24) is 9.80 Å². The molecule has 5 heteroatoms. The molecule has 1 N–H and O–H groups in total. The molecule has 0 aromatic heterocycles. The largest absolute Gasteiger partial charge is 0.388 e. The summed E-state index contributed by atoms with van der Waals surface area (Å²) in [5, 5.41) is 11.9. The van der Waals surface area contributed by atoms with E-state index in [4.69, 9.17) is 9.47 Å². The molecule has 0 aromatic rings. The molecule has 15 fully saturated rings. The molecule has 3 heterocycles. The third-order valence-corrected chi connectivity index (χ3v) is 21.8. The van der Waals surface area contributed by atoms with Crippen molar-refractivity contribution in [2.45, 2.75) is 135 Å². The Kier molecular flexibility index (Phi) is 5.54. The molecule has 12 saturated carbocycles. The highest BCUT2D eigenvalue weighted by molar-refractivity contribution is 5.37. The van der Waals surface area contributed by atoms with Crippen LogP contribution in [-0.2, 0) is 9.47 Å². The first-order chi connectivity index (χ1) is 23.7. The van der Waals surface area contributed by atoms with E-state index in [-0.39, 0.29) is 11.5 Å². The summed E-state index contributed by atoms with van der Waals surface area (Å²) < 4.78 is 13.6. The summed E-state index contributed by atoms with van der Waals surface area (Å²) in [7, 11) is 0. The van der Waals surface area contributed by atoms with Crippen LogP contribution in [0.2, 0.25) is 0 Å². The summed E-state index contributed by atoms with van der Waals surface area (Å²) in [5.74, 6) is 7.34. The van der Waals surface area contributed by atoms with Crippen LogP contribution in [-0.4, -0.2) is 78.8 Å². The molecule has 3 saturated heterocycles. The molecule has 19 atom stereocenters. The van der Waals surface area contributed by atoms with Crippen LogP contribution in [0.5, 0.6) is 0 Å². The lowest BCUT2D eigenvalue weighted by Crippen LogP contribution is -2.67. The summed E-state index contributed by atoms with van der Waals surface area (Å²) in [6, 6.07) is 1.50. The van der Waals surface area contributed by atoms with Crippen molar-refractivity contribution in [2.75, 3.05) is 39.5 Å². The Morgan fingerprint density at radius 3 is 2.59 bits per heavy atom. The molecule has 5 nitrogen and oxygen atoms in total. The number of aliphatic hydroxyl groups is 1. The molecule has 4 spiro atoms. The standard InChI is InChI=1S/C44H64N2O3/c1-25-26-7-13-42(37(25)47)30-21-31-39(2)8-4-10-43(31,34(42)18-26)35(30)45(24-39)14-16-48-23-28-22-41-12-6-27(28)19-33(41)44-11-5-9-40(3)32(44)20-29(41)36(44)46-15-17-49-38(40)46/h26-38,47H,1,4-24H2,2-3H3/t26?,27?,28?,29?,30?,31?,32?,33?,34?,35?,36?,37-,38?,39+,40-,41?,42?,43?,44?/m1/s1. The molecule has 15 rings (SSSR count). The van der Waals surface area contributed by atoms with Gasteiger partial charge in [-0.2, -0.15) is 0 Å². The molecule has 3 aliphatic heterocycles. The highest BCUT2D eigenvalue weighted by Gasteiger charge is 2.84. The smallest absolute Gasteiger partial charge is 0.116 e. The van der Waals surface area contributed by atoms with E-state index in [1.54, 1.807) is 0 Å². The molecule has 15 aliphatic rings. The van der Waals surface area contributed by atoms with E-state index in [0.717, 1.165) is 73.8 Å². The number of likely N-dealkylation sites (tertiary alicyclic amines) is 1. The van der Waals surface area contributed by atoms with Gasteiger partial charge in [0.25, 0.3) is 0 Å². The zero-order valence-corrected chi connectivity index (χ0v) is 30.7. The van der Waals surface area contributed by atoms with Crippen molar-refractivity contribution < 1.29 is 14.6 Å². The van der Waals surface area contributed by atoms with Gasteiger partial charge in [0, 0.05) is 49.2 Å². The molecule has 16 unspecified atom stereocenters. The minimum atomic E-state index is -0.247. The first-order valence-electron chi connectivity index (χ1n) is 21.8. The molecule has 49 heavy (non-hydrogen) atoms. The normalized spacial score (nSPS) is 65.6. The molecule has 14 bridgehead atoms. The Morgan fingerprint density at radius 2 is 1.69 bits per heavy atom. The number of aliphatic hydroxyl groups excluding tert-OH is 1. The highest BCUT2D eigenvalue weighted by Crippen LogP contribution is 2.86. The van der Waals surface area contributed by atoms with Crippen LogP contribution in [0.15, 0.2) is 12.2 Å². The second-order valence-corrected chi connectivity index (χ2v) is 22.2. The number of hydrogen-bond acceptors (Lipinski definition) is 5. The fourth-order valence-electron chi connectivity index (χ4n) is 21.2. The van der Waals surface area contributed by atoms with Gasteiger partial charge < -0.3 is 14.6 Å². The summed E-state index contributed by atoms with van der Waals surface area (Å²) in [4.78, 5) is 5.97. The van der Waals surface area contributed by atoms with Gasteiger partial charge >= 0.3 is 0 Å². The maximum atomic E-state index is 11.9. The number of hydrogen-bond donors (Lipinski definition) is 1. The summed E-state index contributed by atoms with van der Waals surface area (Å²) >= 11 is 0. The molecule has 0 radical (unpaired) electrons. The first-order valence-corrected chi connectivity index (χ1v) is 21.8. The number of nitrogens with zero attached hydrogens (tertiary/aromatic N) is 2. The first kappa shape index (κ1) is 29.9. The number of ether oxygens (including phenoxy) is 2. The van der Waals surface area contributed by atoms with Crippen molar-refractivity contribution in [3.8, 4) is 0 Å². The Morgan fingerprint density at radius 1 is 0.857 bits per heavy atom. The predicted molar refractivity (Wildman–Crippen MR) is 188 cm³/mol. The SMILES string of the molecule is C=C1C2CCC3(C4CC5C6(CCC[C@@]5(C)CN(CCOCC5CC78CCC5CC7C57CCC[C@@]9(C)C%10OCCN%10C5C8CC79)C46)C3C2)[C@@H]1O. The highest BCUT2D eigenvalue weighted by atomic mass is 16.5. The van der Waals surface area contributed by atoms with E-state index in [9.17, 15) is 5.11 Å². The van der Waals surface area contributed by atoms with Gasteiger partial charge in [-0.1, -0.05) is 33.3 Å². The van der Waals surface area contributed by atoms with Gasteiger partial charge in [0.2, 0.25) is 0 Å². The topological polar surface area (TPSA) is 45.2 Å². The van der Waals surface area contributed by atoms with E-state index >= 15 is 0 Å². The number of piperidine rings is 2. The average molecular weight is 669 g/mol. The monoisotopic (exact) mass is 668 g/mol. The minimum Gasteiger partial charge on any atom is -0.388 e. The zero-order chi connectivity index (χ0) is 32.5. The van der Waals surface area contributed by atoms with Gasteiger partial charge in [-0.25, -0.2) is 0 Å². The summed E-state index contributed by atoms with van der Waals surface area (Å²) in [6.07, 6.45) is 21.5. The van der Waals surface area contributed by atoms with Crippen LogP contribution in [0.4, 0.5) is 0 Å². The van der Waals surface area contributed by atoms with Crippen LogP contribution >= 0.6 is 0 Å². The molecule has 12 aliphatic carbocycles.